The largest absolute Gasteiger partial charge is 0.370 e. The van der Waals surface area contributed by atoms with Crippen LogP contribution in [0.1, 0.15) is 41.0 Å². The molecule has 0 aliphatic heterocycles. The molecular formula is C15H33IN4. The molecule has 0 saturated heterocycles. The average Bonchev–Trinajstić information content (AvgIpc) is 2.34. The van der Waals surface area contributed by atoms with Crippen LogP contribution >= 0.6 is 24.0 Å². The van der Waals surface area contributed by atoms with E-state index in [2.05, 4.69) is 49.5 Å². The Hall–Kier alpha value is -0.300. The van der Waals surface area contributed by atoms with Crippen molar-refractivity contribution in [1.29, 1.82) is 0 Å². The lowest BCUT2D eigenvalue weighted by Crippen LogP contribution is -2.40. The van der Waals surface area contributed by atoms with E-state index < -0.39 is 0 Å². The first-order chi connectivity index (χ1) is 8.90. The van der Waals surface area contributed by atoms with Gasteiger partial charge in [0.25, 0.3) is 0 Å². The smallest absolute Gasteiger partial charge is 0.188 e. The van der Waals surface area contributed by atoms with Gasteiger partial charge in [0.05, 0.1) is 6.54 Å². The second-order valence-electron chi connectivity index (χ2n) is 5.54. The number of nitrogens with two attached hydrogens (primary N) is 1. The van der Waals surface area contributed by atoms with Crippen molar-refractivity contribution >= 4 is 29.9 Å². The molecular weight excluding hydrogens is 363 g/mol. The normalized spacial score (nSPS) is 13.2. The number of aliphatic imine (C=N–C) groups is 1. The highest BCUT2D eigenvalue weighted by molar-refractivity contribution is 14.0. The highest BCUT2D eigenvalue weighted by atomic mass is 127. The summed E-state index contributed by atoms with van der Waals surface area (Å²) < 4.78 is 0. The Morgan fingerprint density at radius 2 is 1.85 bits per heavy atom. The molecule has 0 aromatic carbocycles. The predicted molar refractivity (Wildman–Crippen MR) is 101 cm³/mol. The summed E-state index contributed by atoms with van der Waals surface area (Å²) in [5.41, 5.74) is 6.92. The standard InChI is InChI=1S/C15H32N4.HI/c1-7-19(8-2)14(9-12(3)4)11-18-15(16)17-10-13(5)6;/h12,14H,5,7-11H2,1-4,6H3,(H3,16,17,18);1H. The summed E-state index contributed by atoms with van der Waals surface area (Å²) in [4.78, 5) is 6.92. The van der Waals surface area contributed by atoms with Crippen LogP contribution in [0.2, 0.25) is 0 Å². The Morgan fingerprint density at radius 1 is 1.30 bits per heavy atom. The molecule has 120 valence electrons. The molecule has 3 N–H and O–H groups in total. The topological polar surface area (TPSA) is 53.6 Å². The van der Waals surface area contributed by atoms with Gasteiger partial charge in [0.15, 0.2) is 5.96 Å². The van der Waals surface area contributed by atoms with Crippen LogP contribution in [0.3, 0.4) is 0 Å². The number of hydrogen-bond donors (Lipinski definition) is 2. The summed E-state index contributed by atoms with van der Waals surface area (Å²) in [6, 6.07) is 0.472. The van der Waals surface area contributed by atoms with Crippen molar-refractivity contribution in [2.75, 3.05) is 26.2 Å². The summed E-state index contributed by atoms with van der Waals surface area (Å²) >= 11 is 0. The van der Waals surface area contributed by atoms with Gasteiger partial charge in [-0.2, -0.15) is 0 Å². The van der Waals surface area contributed by atoms with E-state index in [1.807, 2.05) is 6.92 Å². The van der Waals surface area contributed by atoms with Gasteiger partial charge < -0.3 is 11.1 Å². The van der Waals surface area contributed by atoms with Gasteiger partial charge in [-0.15, -0.1) is 24.0 Å². The fourth-order valence-electron chi connectivity index (χ4n) is 2.12. The number of rotatable bonds is 9. The maximum absolute atomic E-state index is 5.86. The van der Waals surface area contributed by atoms with Crippen molar-refractivity contribution < 1.29 is 0 Å². The zero-order valence-corrected chi connectivity index (χ0v) is 16.1. The Kier molecular flexibility index (Phi) is 13.7. The van der Waals surface area contributed by atoms with Gasteiger partial charge in [0.1, 0.15) is 0 Å². The highest BCUT2D eigenvalue weighted by Crippen LogP contribution is 2.11. The van der Waals surface area contributed by atoms with Crippen LogP contribution in [0.5, 0.6) is 0 Å². The predicted octanol–water partition coefficient (Wildman–Crippen LogP) is 2.84. The lowest BCUT2D eigenvalue weighted by atomic mass is 10.0. The fraction of sp³-hybridized carbons (Fsp3) is 0.800. The third-order valence-corrected chi connectivity index (χ3v) is 3.12. The van der Waals surface area contributed by atoms with Crippen LogP contribution in [-0.2, 0) is 0 Å². The average molecular weight is 396 g/mol. The molecule has 0 aliphatic rings. The molecule has 20 heavy (non-hydrogen) atoms. The molecule has 0 aromatic rings. The SMILES string of the molecule is C=C(C)CNC(N)=NCC(CC(C)C)N(CC)CC.I. The first kappa shape index (κ1) is 22.0. The lowest BCUT2D eigenvalue weighted by molar-refractivity contribution is 0.196. The van der Waals surface area contributed by atoms with Gasteiger partial charge in [-0.05, 0) is 32.4 Å². The Labute approximate surface area is 142 Å². The maximum Gasteiger partial charge on any atom is 0.188 e. The number of nitrogens with one attached hydrogen (secondary N) is 1. The number of guanidine groups is 1. The Morgan fingerprint density at radius 3 is 2.25 bits per heavy atom. The van der Waals surface area contributed by atoms with E-state index >= 15 is 0 Å². The van der Waals surface area contributed by atoms with Gasteiger partial charge in [-0.25, -0.2) is 0 Å². The molecule has 1 atom stereocenters. The van der Waals surface area contributed by atoms with Crippen molar-refractivity contribution in [3.8, 4) is 0 Å². The molecule has 5 heteroatoms. The minimum Gasteiger partial charge on any atom is -0.370 e. The van der Waals surface area contributed by atoms with Crippen LogP contribution in [0.15, 0.2) is 17.1 Å². The molecule has 0 rings (SSSR count). The molecule has 0 aromatic heterocycles. The van der Waals surface area contributed by atoms with Gasteiger partial charge in [-0.3, -0.25) is 9.89 Å². The fourth-order valence-corrected chi connectivity index (χ4v) is 2.12. The summed E-state index contributed by atoms with van der Waals surface area (Å²) in [6.07, 6.45) is 1.15. The minimum absolute atomic E-state index is 0. The molecule has 4 nitrogen and oxygen atoms in total. The summed E-state index contributed by atoms with van der Waals surface area (Å²) in [5, 5.41) is 3.08. The lowest BCUT2D eigenvalue weighted by Gasteiger charge is -2.29. The number of hydrogen-bond acceptors (Lipinski definition) is 2. The van der Waals surface area contributed by atoms with Crippen LogP contribution in [-0.4, -0.2) is 43.1 Å². The van der Waals surface area contributed by atoms with Crippen LogP contribution in [0.25, 0.3) is 0 Å². The molecule has 0 spiro atoms. The first-order valence-electron chi connectivity index (χ1n) is 7.32. The van der Waals surface area contributed by atoms with E-state index in [1.165, 1.54) is 0 Å². The van der Waals surface area contributed by atoms with E-state index in [0.29, 0.717) is 24.5 Å². The second kappa shape index (κ2) is 12.4. The van der Waals surface area contributed by atoms with Gasteiger partial charge >= 0.3 is 0 Å². The van der Waals surface area contributed by atoms with Crippen LogP contribution in [0.4, 0.5) is 0 Å². The third kappa shape index (κ3) is 10.5. The quantitative estimate of drug-likeness (QED) is 0.273. The zero-order chi connectivity index (χ0) is 14.8. The first-order valence-corrected chi connectivity index (χ1v) is 7.32. The number of nitrogens with zero attached hydrogens (tertiary/aromatic N) is 2. The number of halogens is 1. The monoisotopic (exact) mass is 396 g/mol. The third-order valence-electron chi connectivity index (χ3n) is 3.12. The molecule has 0 saturated carbocycles. The van der Waals surface area contributed by atoms with Gasteiger partial charge in [-0.1, -0.05) is 39.8 Å². The van der Waals surface area contributed by atoms with Gasteiger partial charge in [0, 0.05) is 12.6 Å². The number of likely N-dealkylation sites (N-methyl/N-ethyl adjacent to an activating group) is 1. The van der Waals surface area contributed by atoms with Crippen molar-refractivity contribution in [3.63, 3.8) is 0 Å². The van der Waals surface area contributed by atoms with E-state index in [1.54, 1.807) is 0 Å². The summed E-state index contributed by atoms with van der Waals surface area (Å²) in [6.45, 7) is 18.3. The Bertz CT molecular complexity index is 286. The van der Waals surface area contributed by atoms with E-state index in [9.17, 15) is 0 Å². The highest BCUT2D eigenvalue weighted by Gasteiger charge is 2.16. The van der Waals surface area contributed by atoms with E-state index in [0.717, 1.165) is 31.6 Å². The second-order valence-corrected chi connectivity index (χ2v) is 5.54. The molecule has 0 aliphatic carbocycles. The van der Waals surface area contributed by atoms with Crippen molar-refractivity contribution in [3.05, 3.63) is 12.2 Å². The molecule has 0 bridgehead atoms. The van der Waals surface area contributed by atoms with E-state index in [-0.39, 0.29) is 24.0 Å². The van der Waals surface area contributed by atoms with Crippen molar-refractivity contribution in [1.82, 2.24) is 10.2 Å². The van der Waals surface area contributed by atoms with Crippen molar-refractivity contribution in [2.24, 2.45) is 16.6 Å². The van der Waals surface area contributed by atoms with Crippen LogP contribution in [0, 0.1) is 5.92 Å². The van der Waals surface area contributed by atoms with Gasteiger partial charge in [0.2, 0.25) is 0 Å². The summed E-state index contributed by atoms with van der Waals surface area (Å²) in [5.74, 6) is 1.19. The maximum atomic E-state index is 5.86. The summed E-state index contributed by atoms with van der Waals surface area (Å²) in [7, 11) is 0. The molecule has 0 heterocycles. The van der Waals surface area contributed by atoms with Crippen LogP contribution < -0.4 is 11.1 Å². The molecule has 0 radical (unpaired) electrons. The van der Waals surface area contributed by atoms with E-state index in [4.69, 9.17) is 5.73 Å². The minimum atomic E-state index is 0. The Balaban J connectivity index is 0. The zero-order valence-electron chi connectivity index (χ0n) is 13.8. The molecule has 0 fully saturated rings. The molecule has 1 unspecified atom stereocenters. The van der Waals surface area contributed by atoms with Crippen molar-refractivity contribution in [2.45, 2.75) is 47.1 Å². The molecule has 0 amide bonds.